The van der Waals surface area contributed by atoms with E-state index in [4.69, 9.17) is 11.2 Å². The predicted octanol–water partition coefficient (Wildman–Crippen LogP) is 4.29. The van der Waals surface area contributed by atoms with Crippen molar-refractivity contribution in [3.05, 3.63) is 65.9 Å². The lowest BCUT2D eigenvalue weighted by Gasteiger charge is -2.16. The summed E-state index contributed by atoms with van der Waals surface area (Å²) in [4.78, 5) is 18.8. The van der Waals surface area contributed by atoms with Crippen LogP contribution in [0.25, 0.3) is 10.9 Å². The Kier molecular flexibility index (Phi) is 7.64. The van der Waals surface area contributed by atoms with E-state index in [9.17, 15) is 10.1 Å². The molecule has 0 aliphatic heterocycles. The number of hydrogen-bond acceptors (Lipinski definition) is 6. The van der Waals surface area contributed by atoms with Crippen LogP contribution in [0.2, 0.25) is 0 Å². The van der Waals surface area contributed by atoms with Crippen molar-refractivity contribution >= 4 is 33.9 Å². The first-order valence-corrected chi connectivity index (χ1v) is 10.4. The van der Waals surface area contributed by atoms with E-state index in [0.717, 1.165) is 5.69 Å². The Morgan fingerprint density at radius 2 is 2.12 bits per heavy atom. The quantitative estimate of drug-likeness (QED) is 0.402. The van der Waals surface area contributed by atoms with Gasteiger partial charge in [-0.1, -0.05) is 18.1 Å². The number of terminal acetylenes is 1. The van der Waals surface area contributed by atoms with Crippen LogP contribution in [0, 0.1) is 23.7 Å². The molecule has 1 amide bonds. The summed E-state index contributed by atoms with van der Waals surface area (Å²) in [7, 11) is 3.85. The summed E-state index contributed by atoms with van der Waals surface area (Å²) >= 11 is 0. The number of likely N-dealkylation sites (N-methyl/N-ethyl adjacent to an activating group) is 1. The monoisotopic (exact) mass is 439 g/mol. The highest BCUT2D eigenvalue weighted by molar-refractivity contribution is 6.04. The largest absolute Gasteiger partial charge is 0.492 e. The van der Waals surface area contributed by atoms with E-state index >= 15 is 0 Å². The summed E-state index contributed by atoms with van der Waals surface area (Å²) < 4.78 is 5.74. The van der Waals surface area contributed by atoms with Crippen LogP contribution in [0.15, 0.2) is 54.7 Å². The van der Waals surface area contributed by atoms with E-state index in [2.05, 4.69) is 27.6 Å². The zero-order chi connectivity index (χ0) is 23.8. The second kappa shape index (κ2) is 10.8. The fraction of sp³-hybridized carbons (Fsp3) is 0.192. The maximum atomic E-state index is 12.5. The highest BCUT2D eigenvalue weighted by atomic mass is 16.5. The van der Waals surface area contributed by atoms with Gasteiger partial charge in [0.1, 0.15) is 11.8 Å². The fourth-order valence-electron chi connectivity index (χ4n) is 3.19. The number of nitrogens with zero attached hydrogens (tertiary/aromatic N) is 3. The van der Waals surface area contributed by atoms with Crippen molar-refractivity contribution in [2.75, 3.05) is 37.9 Å². The summed E-state index contributed by atoms with van der Waals surface area (Å²) in [6.45, 7) is 2.93. The molecule has 2 N–H and O–H groups in total. The number of aromatic nitrogens is 1. The molecule has 0 spiro atoms. The minimum atomic E-state index is -0.280. The van der Waals surface area contributed by atoms with Crippen molar-refractivity contribution in [2.45, 2.75) is 6.92 Å². The molecule has 0 saturated heterocycles. The van der Waals surface area contributed by atoms with E-state index in [-0.39, 0.29) is 5.91 Å². The number of nitrogens with one attached hydrogen (secondary N) is 2. The third-order valence-corrected chi connectivity index (χ3v) is 4.69. The minimum absolute atomic E-state index is 0.280. The molecule has 33 heavy (non-hydrogen) atoms. The Labute approximate surface area is 193 Å². The van der Waals surface area contributed by atoms with Crippen LogP contribution >= 0.6 is 0 Å². The molecule has 0 unspecified atom stereocenters. The molecule has 1 aromatic heterocycles. The Bertz CT molecular complexity index is 1280. The van der Waals surface area contributed by atoms with Crippen molar-refractivity contribution in [3.63, 3.8) is 0 Å². The first-order chi connectivity index (χ1) is 15.9. The van der Waals surface area contributed by atoms with Gasteiger partial charge >= 0.3 is 0 Å². The summed E-state index contributed by atoms with van der Waals surface area (Å²) in [5, 5.41) is 16.5. The normalized spacial score (nSPS) is 10.7. The van der Waals surface area contributed by atoms with E-state index in [1.807, 2.05) is 50.2 Å². The van der Waals surface area contributed by atoms with Gasteiger partial charge in [-0.05, 0) is 45.3 Å². The molecule has 166 valence electrons. The molecule has 0 bridgehead atoms. The number of amides is 1. The molecular formula is C26H25N5O2. The van der Waals surface area contributed by atoms with Gasteiger partial charge in [0.2, 0.25) is 5.91 Å². The van der Waals surface area contributed by atoms with Crippen LogP contribution in [-0.4, -0.2) is 43.0 Å². The van der Waals surface area contributed by atoms with Crippen LogP contribution < -0.4 is 15.4 Å². The van der Waals surface area contributed by atoms with Gasteiger partial charge in [0.15, 0.2) is 0 Å². The van der Waals surface area contributed by atoms with E-state index in [0.29, 0.717) is 52.3 Å². The standard InChI is InChI=1S/C26H25N5O2/c1-5-18-9-7-10-20(13-18)29-26-19(16-27)17-28-22-15-24(33-6-2)23(14-21(22)26)30-25(32)11-8-12-31(3)4/h1,7-11,13-15,17H,6,12H2,2-4H3,(H,28,29)(H,30,32). The van der Waals surface area contributed by atoms with Gasteiger partial charge in [-0.15, -0.1) is 6.42 Å². The Morgan fingerprint density at radius 3 is 2.82 bits per heavy atom. The molecule has 7 heteroatoms. The molecule has 1 heterocycles. The molecule has 7 nitrogen and oxygen atoms in total. The summed E-state index contributed by atoms with van der Waals surface area (Å²) in [6.07, 6.45) is 10.3. The summed E-state index contributed by atoms with van der Waals surface area (Å²) in [5.74, 6) is 2.82. The molecule has 3 rings (SSSR count). The van der Waals surface area contributed by atoms with Gasteiger partial charge in [-0.3, -0.25) is 9.78 Å². The molecule has 0 atom stereocenters. The molecule has 0 aliphatic rings. The number of nitriles is 1. The van der Waals surface area contributed by atoms with Crippen molar-refractivity contribution < 1.29 is 9.53 Å². The molecule has 0 radical (unpaired) electrons. The van der Waals surface area contributed by atoms with E-state index in [1.54, 1.807) is 18.2 Å². The first-order valence-electron chi connectivity index (χ1n) is 10.4. The third-order valence-electron chi connectivity index (χ3n) is 4.69. The highest BCUT2D eigenvalue weighted by Crippen LogP contribution is 2.36. The van der Waals surface area contributed by atoms with Crippen molar-refractivity contribution in [3.8, 4) is 24.2 Å². The smallest absolute Gasteiger partial charge is 0.248 e. The highest BCUT2D eigenvalue weighted by Gasteiger charge is 2.15. The number of carbonyl (C=O) groups is 1. The zero-order valence-electron chi connectivity index (χ0n) is 18.8. The minimum Gasteiger partial charge on any atom is -0.492 e. The fourth-order valence-corrected chi connectivity index (χ4v) is 3.19. The second-order valence-electron chi connectivity index (χ2n) is 7.46. The van der Waals surface area contributed by atoms with Crippen LogP contribution in [-0.2, 0) is 4.79 Å². The number of hydrogen-bond donors (Lipinski definition) is 2. The predicted molar refractivity (Wildman–Crippen MR) is 132 cm³/mol. The Morgan fingerprint density at radius 1 is 1.30 bits per heavy atom. The first kappa shape index (κ1) is 23.3. The van der Waals surface area contributed by atoms with Gasteiger partial charge in [0, 0.05) is 41.5 Å². The second-order valence-corrected chi connectivity index (χ2v) is 7.46. The number of benzene rings is 2. The maximum absolute atomic E-state index is 12.5. The van der Waals surface area contributed by atoms with Crippen LogP contribution in [0.3, 0.4) is 0 Å². The number of fused-ring (bicyclic) bond motifs is 1. The Balaban J connectivity index is 2.07. The lowest BCUT2D eigenvalue weighted by atomic mass is 10.1. The molecule has 0 aliphatic carbocycles. The van der Waals surface area contributed by atoms with Gasteiger partial charge in [-0.25, -0.2) is 0 Å². The number of anilines is 3. The van der Waals surface area contributed by atoms with Crippen LogP contribution in [0.5, 0.6) is 5.75 Å². The summed E-state index contributed by atoms with van der Waals surface area (Å²) in [6, 6.07) is 13.0. The van der Waals surface area contributed by atoms with E-state index in [1.165, 1.54) is 12.3 Å². The van der Waals surface area contributed by atoms with Gasteiger partial charge in [-0.2, -0.15) is 5.26 Å². The lowest BCUT2D eigenvalue weighted by molar-refractivity contribution is -0.111. The number of ether oxygens (including phenoxy) is 1. The van der Waals surface area contributed by atoms with Gasteiger partial charge < -0.3 is 20.3 Å². The SMILES string of the molecule is C#Cc1cccc(Nc2c(C#N)cnc3cc(OCC)c(NC(=O)C=CCN(C)C)cc23)c1. The third kappa shape index (κ3) is 5.88. The molecule has 0 fully saturated rings. The zero-order valence-corrected chi connectivity index (χ0v) is 18.8. The summed E-state index contributed by atoms with van der Waals surface area (Å²) in [5.41, 5.74) is 3.49. The lowest BCUT2D eigenvalue weighted by Crippen LogP contribution is -2.13. The average Bonchev–Trinajstić information content (AvgIpc) is 2.80. The number of carbonyl (C=O) groups excluding carboxylic acids is 1. The van der Waals surface area contributed by atoms with E-state index < -0.39 is 0 Å². The van der Waals surface area contributed by atoms with Crippen molar-refractivity contribution in [2.24, 2.45) is 0 Å². The van der Waals surface area contributed by atoms with Gasteiger partial charge in [0.25, 0.3) is 0 Å². The average molecular weight is 440 g/mol. The molecular weight excluding hydrogens is 414 g/mol. The maximum Gasteiger partial charge on any atom is 0.248 e. The van der Waals surface area contributed by atoms with Crippen molar-refractivity contribution in [1.29, 1.82) is 5.26 Å². The molecule has 2 aromatic carbocycles. The Hall–Kier alpha value is -4.33. The molecule has 0 saturated carbocycles. The number of pyridine rings is 1. The van der Waals surface area contributed by atoms with Crippen LogP contribution in [0.4, 0.5) is 17.1 Å². The number of rotatable bonds is 8. The van der Waals surface area contributed by atoms with Crippen LogP contribution in [0.1, 0.15) is 18.1 Å². The topological polar surface area (TPSA) is 90.3 Å². The van der Waals surface area contributed by atoms with Crippen molar-refractivity contribution in [1.82, 2.24) is 9.88 Å². The van der Waals surface area contributed by atoms with Gasteiger partial charge in [0.05, 0.1) is 29.1 Å². The molecule has 3 aromatic rings.